The van der Waals surface area contributed by atoms with Crippen LogP contribution in [0.15, 0.2) is 66.9 Å². The van der Waals surface area contributed by atoms with Crippen LogP contribution in [-0.2, 0) is 20.7 Å². The Morgan fingerprint density at radius 1 is 1.05 bits per heavy atom. The predicted octanol–water partition coefficient (Wildman–Crippen LogP) is 5.16. The van der Waals surface area contributed by atoms with E-state index in [9.17, 15) is 19.2 Å². The van der Waals surface area contributed by atoms with Crippen molar-refractivity contribution in [1.29, 1.82) is 0 Å². The van der Waals surface area contributed by atoms with E-state index in [1.54, 1.807) is 87.6 Å². The lowest BCUT2D eigenvalue weighted by Gasteiger charge is -2.26. The smallest absolute Gasteiger partial charge is 0.414 e. The molecule has 0 aliphatic carbocycles. The Morgan fingerprint density at radius 3 is 2.41 bits per heavy atom. The fraction of sp³-hybridized carbons (Fsp3) is 0.276. The molecule has 41 heavy (non-hydrogen) atoms. The summed E-state index contributed by atoms with van der Waals surface area (Å²) in [5.41, 5.74) is 0.822. The Hall–Kier alpha value is -4.58. The molecule has 4 amide bonds. The van der Waals surface area contributed by atoms with Gasteiger partial charge in [0, 0.05) is 25.4 Å². The summed E-state index contributed by atoms with van der Waals surface area (Å²) < 4.78 is 16.9. The summed E-state index contributed by atoms with van der Waals surface area (Å²) in [5.74, 6) is 0.470. The third kappa shape index (κ3) is 8.45. The number of thioether (sulfide) groups is 1. The first-order valence-electron chi connectivity index (χ1n) is 12.7. The fourth-order valence-electron chi connectivity index (χ4n) is 3.71. The van der Waals surface area contributed by atoms with Gasteiger partial charge in [0.15, 0.2) is 6.61 Å². The van der Waals surface area contributed by atoms with Gasteiger partial charge in [0.1, 0.15) is 17.1 Å². The van der Waals surface area contributed by atoms with Gasteiger partial charge in [-0.3, -0.25) is 24.6 Å². The van der Waals surface area contributed by atoms with E-state index >= 15 is 0 Å². The number of carbonyl (C=O) groups excluding carboxylic acids is 4. The van der Waals surface area contributed by atoms with E-state index in [-0.39, 0.29) is 17.8 Å². The van der Waals surface area contributed by atoms with E-state index in [1.807, 2.05) is 0 Å². The molecule has 1 atom stereocenters. The second kappa shape index (κ2) is 12.7. The van der Waals surface area contributed by atoms with Gasteiger partial charge in [-0.2, -0.15) is 0 Å². The molecule has 1 aliphatic rings. The highest BCUT2D eigenvalue weighted by atomic mass is 32.2. The van der Waals surface area contributed by atoms with E-state index in [0.717, 1.165) is 17.3 Å². The fourth-order valence-corrected chi connectivity index (χ4v) is 4.57. The van der Waals surface area contributed by atoms with E-state index in [0.29, 0.717) is 35.2 Å². The van der Waals surface area contributed by atoms with E-state index in [2.05, 4.69) is 15.6 Å². The third-order valence-corrected chi connectivity index (χ3v) is 6.59. The Morgan fingerprint density at radius 2 is 1.78 bits per heavy atom. The third-order valence-electron chi connectivity index (χ3n) is 5.61. The van der Waals surface area contributed by atoms with Crippen molar-refractivity contribution in [1.82, 2.24) is 10.3 Å². The van der Waals surface area contributed by atoms with Crippen LogP contribution in [0, 0.1) is 0 Å². The number of nitrogens with one attached hydrogen (secondary N) is 2. The van der Waals surface area contributed by atoms with Crippen LogP contribution in [-0.4, -0.2) is 52.6 Å². The van der Waals surface area contributed by atoms with Crippen molar-refractivity contribution < 1.29 is 33.4 Å². The minimum Gasteiger partial charge on any atom is -0.484 e. The molecule has 2 heterocycles. The van der Waals surface area contributed by atoms with Crippen molar-refractivity contribution in [3.63, 3.8) is 0 Å². The van der Waals surface area contributed by atoms with E-state index in [4.69, 9.17) is 14.2 Å². The average molecular weight is 579 g/mol. The van der Waals surface area contributed by atoms with Crippen LogP contribution in [0.2, 0.25) is 0 Å². The lowest BCUT2D eigenvalue weighted by atomic mass is 10.1. The van der Waals surface area contributed by atoms with Crippen LogP contribution in [0.4, 0.5) is 21.0 Å². The Labute approximate surface area is 241 Å². The summed E-state index contributed by atoms with van der Waals surface area (Å²) >= 11 is 0.969. The quantitative estimate of drug-likeness (QED) is 0.353. The number of aromatic nitrogens is 1. The van der Waals surface area contributed by atoms with Crippen LogP contribution < -0.4 is 25.0 Å². The molecule has 0 spiro atoms. The van der Waals surface area contributed by atoms with Gasteiger partial charge in [-0.1, -0.05) is 30.0 Å². The van der Waals surface area contributed by atoms with Gasteiger partial charge < -0.3 is 19.5 Å². The highest BCUT2D eigenvalue weighted by molar-refractivity contribution is 8.15. The number of ether oxygens (including phenoxy) is 3. The van der Waals surface area contributed by atoms with Gasteiger partial charge in [0.05, 0.1) is 16.6 Å². The van der Waals surface area contributed by atoms with Gasteiger partial charge >= 0.3 is 6.09 Å². The van der Waals surface area contributed by atoms with Crippen molar-refractivity contribution in [2.24, 2.45) is 0 Å². The molecule has 12 heteroatoms. The molecule has 1 saturated heterocycles. The largest absolute Gasteiger partial charge is 0.484 e. The number of imide groups is 1. The molecule has 1 aromatic heterocycles. The van der Waals surface area contributed by atoms with Crippen molar-refractivity contribution in [3.8, 4) is 17.4 Å². The monoisotopic (exact) mass is 578 g/mol. The number of pyridine rings is 1. The van der Waals surface area contributed by atoms with E-state index < -0.39 is 22.9 Å². The second-order valence-corrected chi connectivity index (χ2v) is 11.2. The summed E-state index contributed by atoms with van der Waals surface area (Å²) in [4.78, 5) is 54.2. The zero-order chi connectivity index (χ0) is 29.6. The van der Waals surface area contributed by atoms with Crippen molar-refractivity contribution in [2.75, 3.05) is 23.9 Å². The van der Waals surface area contributed by atoms with Gasteiger partial charge in [-0.25, -0.2) is 9.78 Å². The molecule has 4 rings (SSSR count). The minimum absolute atomic E-state index is 0.295. The maximum atomic E-state index is 12.8. The Kier molecular flexibility index (Phi) is 9.13. The van der Waals surface area contributed by atoms with Crippen molar-refractivity contribution >= 4 is 46.3 Å². The summed E-state index contributed by atoms with van der Waals surface area (Å²) in [7, 11) is 1.53. The number of hydrogen-bond donors (Lipinski definition) is 2. The lowest BCUT2D eigenvalue weighted by molar-refractivity contribution is -0.119. The molecule has 0 bridgehead atoms. The Balaban J connectivity index is 1.42. The zero-order valence-corrected chi connectivity index (χ0v) is 23.8. The van der Waals surface area contributed by atoms with Gasteiger partial charge in [-0.05, 0) is 63.1 Å². The average Bonchev–Trinajstić information content (AvgIpc) is 3.24. The highest BCUT2D eigenvalue weighted by Gasteiger charge is 2.31. The molecule has 11 nitrogen and oxygen atoms in total. The zero-order valence-electron chi connectivity index (χ0n) is 23.0. The second-order valence-electron chi connectivity index (χ2n) is 10.1. The molecular formula is C29H30N4O7S. The lowest BCUT2D eigenvalue weighted by Crippen LogP contribution is -2.34. The summed E-state index contributed by atoms with van der Waals surface area (Å²) in [6.45, 7) is 4.99. The van der Waals surface area contributed by atoms with Crippen LogP contribution >= 0.6 is 11.8 Å². The van der Waals surface area contributed by atoms with Crippen LogP contribution in [0.25, 0.3) is 0 Å². The summed E-state index contributed by atoms with van der Waals surface area (Å²) in [6.07, 6.45) is 1.38. The van der Waals surface area contributed by atoms with Gasteiger partial charge in [0.25, 0.3) is 11.1 Å². The molecule has 1 fully saturated rings. The van der Waals surface area contributed by atoms with Crippen molar-refractivity contribution in [3.05, 3.63) is 72.4 Å². The molecule has 2 N–H and O–H groups in total. The molecule has 1 aliphatic heterocycles. The SMILES string of the molecule is CN(C(=O)OC(C)(C)C)c1cc(Oc2ccccn2)ccc1NC(=O)COc1ccc(CC2SC(=O)NC2=O)cc1. The highest BCUT2D eigenvalue weighted by Crippen LogP contribution is 2.33. The first-order valence-corrected chi connectivity index (χ1v) is 13.6. The molecule has 2 aromatic carbocycles. The maximum absolute atomic E-state index is 12.8. The van der Waals surface area contributed by atoms with Crippen LogP contribution in [0.1, 0.15) is 26.3 Å². The number of amides is 4. The number of nitrogens with zero attached hydrogens (tertiary/aromatic N) is 2. The molecule has 0 radical (unpaired) electrons. The van der Waals surface area contributed by atoms with Crippen molar-refractivity contribution in [2.45, 2.75) is 38.0 Å². The maximum Gasteiger partial charge on any atom is 0.414 e. The standard InChI is InChI=1S/C29H30N4O7S/c1-29(2,3)40-28(37)33(4)22-16-20(39-25-7-5-6-14-30-25)12-13-21(22)31-24(34)17-38-19-10-8-18(9-11-19)15-23-26(35)32-27(36)41-23/h5-14,16,23H,15,17H2,1-4H3,(H,31,34)(H,32,35,36). The minimum atomic E-state index is -0.722. The number of hydrogen-bond acceptors (Lipinski definition) is 9. The van der Waals surface area contributed by atoms with Crippen LogP contribution in [0.5, 0.6) is 17.4 Å². The molecule has 214 valence electrons. The normalized spacial score (nSPS) is 14.7. The first kappa shape index (κ1) is 29.4. The molecule has 0 saturated carbocycles. The summed E-state index contributed by atoms with van der Waals surface area (Å²) in [5, 5.41) is 4.24. The molecular weight excluding hydrogens is 548 g/mol. The molecule has 3 aromatic rings. The van der Waals surface area contributed by atoms with E-state index in [1.165, 1.54) is 11.9 Å². The number of benzene rings is 2. The number of rotatable bonds is 9. The van der Waals surface area contributed by atoms with Crippen LogP contribution in [0.3, 0.4) is 0 Å². The number of carbonyl (C=O) groups is 4. The molecule has 1 unspecified atom stereocenters. The number of anilines is 2. The Bertz CT molecular complexity index is 1430. The first-order chi connectivity index (χ1) is 19.5. The van der Waals surface area contributed by atoms with Gasteiger partial charge in [0.2, 0.25) is 11.8 Å². The summed E-state index contributed by atoms with van der Waals surface area (Å²) in [6, 6.07) is 17.0. The van der Waals surface area contributed by atoms with Gasteiger partial charge in [-0.15, -0.1) is 0 Å². The topological polar surface area (TPSA) is 136 Å². The predicted molar refractivity (Wildman–Crippen MR) is 155 cm³/mol.